The largest absolute Gasteiger partial charge is 0.497 e. The van der Waals surface area contributed by atoms with Crippen molar-refractivity contribution in [3.8, 4) is 5.75 Å². The molecule has 1 aromatic heterocycles. The van der Waals surface area contributed by atoms with E-state index in [0.717, 1.165) is 17.7 Å². The highest BCUT2D eigenvalue weighted by Gasteiger charge is 2.28. The van der Waals surface area contributed by atoms with Gasteiger partial charge in [0.25, 0.3) is 5.56 Å². The van der Waals surface area contributed by atoms with Crippen LogP contribution in [0.5, 0.6) is 5.75 Å². The second kappa shape index (κ2) is 7.27. The molecule has 1 N–H and O–H groups in total. The number of ether oxygens (including phenoxy) is 1. The number of aryl methyl sites for hydroxylation is 2. The van der Waals surface area contributed by atoms with Gasteiger partial charge in [-0.05, 0) is 61.2 Å². The van der Waals surface area contributed by atoms with Crippen molar-refractivity contribution in [2.45, 2.75) is 25.8 Å². The maximum absolute atomic E-state index is 13.8. The van der Waals surface area contributed by atoms with E-state index < -0.39 is 29.1 Å². The smallest absolute Gasteiger partial charge is 0.274 e. The lowest BCUT2D eigenvalue weighted by atomic mass is 10.0. The van der Waals surface area contributed by atoms with Crippen molar-refractivity contribution in [1.82, 2.24) is 9.55 Å². The third kappa shape index (κ3) is 3.46. The highest BCUT2D eigenvalue weighted by Crippen LogP contribution is 2.36. The van der Waals surface area contributed by atoms with Crippen LogP contribution in [-0.4, -0.2) is 16.7 Å². The van der Waals surface area contributed by atoms with E-state index in [0.29, 0.717) is 30.0 Å². The Morgan fingerprint density at radius 1 is 1.14 bits per heavy atom. The normalized spacial score (nSPS) is 15.3. The fourth-order valence-corrected chi connectivity index (χ4v) is 3.69. The number of hydrogen-bond acceptors (Lipinski definition) is 4. The van der Waals surface area contributed by atoms with Crippen LogP contribution in [0.2, 0.25) is 0 Å². The number of hydrogen-bond donors (Lipinski definition) is 1. The molecule has 0 amide bonds. The average molecular weight is 401 g/mol. The van der Waals surface area contributed by atoms with Crippen LogP contribution in [0.25, 0.3) is 0 Å². The lowest BCUT2D eigenvalue weighted by molar-refractivity contribution is 0.414. The Kier molecular flexibility index (Phi) is 4.77. The van der Waals surface area contributed by atoms with E-state index in [2.05, 4.69) is 10.3 Å². The molecular formula is C21H18F3N3O2. The predicted molar refractivity (Wildman–Crippen MR) is 102 cm³/mol. The van der Waals surface area contributed by atoms with Crippen molar-refractivity contribution in [2.75, 3.05) is 12.4 Å². The Balaban J connectivity index is 1.79. The van der Waals surface area contributed by atoms with Crippen molar-refractivity contribution in [3.05, 3.63) is 81.0 Å². The zero-order valence-corrected chi connectivity index (χ0v) is 15.8. The molecule has 0 bridgehead atoms. The zero-order chi connectivity index (χ0) is 20.7. The number of fused-ring (bicyclic) bond motifs is 1. The van der Waals surface area contributed by atoms with Crippen LogP contribution in [0.15, 0.2) is 41.2 Å². The molecule has 150 valence electrons. The molecular weight excluding hydrogens is 383 g/mol. The van der Waals surface area contributed by atoms with Crippen molar-refractivity contribution in [1.29, 1.82) is 0 Å². The molecule has 0 aliphatic carbocycles. The molecule has 1 aliphatic heterocycles. The van der Waals surface area contributed by atoms with E-state index in [9.17, 15) is 18.0 Å². The lowest BCUT2D eigenvalue weighted by Gasteiger charge is -2.21. The maximum atomic E-state index is 13.8. The summed E-state index contributed by atoms with van der Waals surface area (Å²) in [4.78, 5) is 16.1. The predicted octanol–water partition coefficient (Wildman–Crippen LogP) is 4.26. The minimum Gasteiger partial charge on any atom is -0.497 e. The van der Waals surface area contributed by atoms with Gasteiger partial charge in [-0.1, -0.05) is 0 Å². The SMILES string of the molecule is COc1ccc(Nc2nc(=O)cc3n2C(c2cc(F)c(F)c(F)c2)CC3)c(C)c1. The molecule has 0 spiro atoms. The number of anilines is 2. The number of nitrogens with zero attached hydrogens (tertiary/aromatic N) is 2. The van der Waals surface area contributed by atoms with Gasteiger partial charge < -0.3 is 14.6 Å². The first kappa shape index (κ1) is 19.0. The summed E-state index contributed by atoms with van der Waals surface area (Å²) >= 11 is 0. The fraction of sp³-hybridized carbons (Fsp3) is 0.238. The van der Waals surface area contributed by atoms with E-state index in [1.54, 1.807) is 23.8 Å². The third-order valence-corrected chi connectivity index (χ3v) is 5.10. The Hall–Kier alpha value is -3.29. The van der Waals surface area contributed by atoms with Crippen LogP contribution >= 0.6 is 0 Å². The number of benzene rings is 2. The average Bonchev–Trinajstić information content (AvgIpc) is 3.11. The molecule has 8 heteroatoms. The van der Waals surface area contributed by atoms with Crippen LogP contribution in [0.4, 0.5) is 24.8 Å². The minimum absolute atomic E-state index is 0.258. The van der Waals surface area contributed by atoms with Gasteiger partial charge in [0.1, 0.15) is 5.75 Å². The van der Waals surface area contributed by atoms with Gasteiger partial charge >= 0.3 is 0 Å². The van der Waals surface area contributed by atoms with Crippen molar-refractivity contribution >= 4 is 11.6 Å². The molecule has 0 radical (unpaired) electrons. The monoisotopic (exact) mass is 401 g/mol. The second-order valence-electron chi connectivity index (χ2n) is 6.94. The lowest BCUT2D eigenvalue weighted by Crippen LogP contribution is -2.19. The molecule has 0 fully saturated rings. The van der Waals surface area contributed by atoms with Gasteiger partial charge in [-0.15, -0.1) is 0 Å². The third-order valence-electron chi connectivity index (χ3n) is 5.10. The maximum Gasteiger partial charge on any atom is 0.274 e. The molecule has 0 saturated heterocycles. The quantitative estimate of drug-likeness (QED) is 0.664. The fourth-order valence-electron chi connectivity index (χ4n) is 3.69. The molecule has 1 aliphatic rings. The molecule has 2 aromatic carbocycles. The summed E-state index contributed by atoms with van der Waals surface area (Å²) in [5, 5.41) is 3.14. The molecule has 2 heterocycles. The Labute approximate surface area is 164 Å². The van der Waals surface area contributed by atoms with Gasteiger partial charge in [0.05, 0.1) is 13.2 Å². The van der Waals surface area contributed by atoms with E-state index in [1.807, 2.05) is 13.0 Å². The second-order valence-corrected chi connectivity index (χ2v) is 6.94. The zero-order valence-electron chi connectivity index (χ0n) is 15.8. The molecule has 0 saturated carbocycles. The van der Waals surface area contributed by atoms with Gasteiger partial charge in [0.2, 0.25) is 5.95 Å². The molecule has 5 nitrogen and oxygen atoms in total. The summed E-state index contributed by atoms with van der Waals surface area (Å²) in [5.74, 6) is -3.05. The number of methoxy groups -OCH3 is 1. The summed E-state index contributed by atoms with van der Waals surface area (Å²) in [6.07, 6.45) is 1.03. The first-order valence-electron chi connectivity index (χ1n) is 9.06. The van der Waals surface area contributed by atoms with Crippen LogP contribution < -0.4 is 15.6 Å². The number of aromatic nitrogens is 2. The van der Waals surface area contributed by atoms with Crippen LogP contribution in [0.3, 0.4) is 0 Å². The van der Waals surface area contributed by atoms with E-state index in [-0.39, 0.29) is 11.5 Å². The molecule has 3 aromatic rings. The summed E-state index contributed by atoms with van der Waals surface area (Å²) in [6.45, 7) is 1.87. The molecule has 1 unspecified atom stereocenters. The van der Waals surface area contributed by atoms with Crippen LogP contribution in [0.1, 0.15) is 29.3 Å². The van der Waals surface area contributed by atoms with Gasteiger partial charge in [-0.3, -0.25) is 4.79 Å². The van der Waals surface area contributed by atoms with Gasteiger partial charge in [0, 0.05) is 17.4 Å². The number of halogens is 3. The van der Waals surface area contributed by atoms with Crippen molar-refractivity contribution in [3.63, 3.8) is 0 Å². The Bertz CT molecular complexity index is 1140. The standard InChI is InChI=1S/C21H18F3N3O2/c1-11-7-14(29-2)4-5-17(11)25-21-26-19(28)10-13-3-6-18(27(13)21)12-8-15(22)20(24)16(23)9-12/h4-5,7-10,18H,3,6H2,1-2H3,(H,25,26,28). The van der Waals surface area contributed by atoms with Crippen LogP contribution in [0, 0.1) is 24.4 Å². The summed E-state index contributed by atoms with van der Waals surface area (Å²) in [6, 6.07) is 8.28. The first-order valence-corrected chi connectivity index (χ1v) is 9.06. The van der Waals surface area contributed by atoms with E-state index in [4.69, 9.17) is 4.74 Å². The Morgan fingerprint density at radius 2 is 1.86 bits per heavy atom. The highest BCUT2D eigenvalue weighted by molar-refractivity contribution is 5.60. The topological polar surface area (TPSA) is 56.1 Å². The molecule has 1 atom stereocenters. The number of nitrogens with one attached hydrogen (secondary N) is 1. The highest BCUT2D eigenvalue weighted by atomic mass is 19.2. The van der Waals surface area contributed by atoms with E-state index in [1.165, 1.54) is 6.07 Å². The summed E-state index contributed by atoms with van der Waals surface area (Å²) in [5.41, 5.74) is 2.13. The molecule has 29 heavy (non-hydrogen) atoms. The Morgan fingerprint density at radius 3 is 2.52 bits per heavy atom. The van der Waals surface area contributed by atoms with E-state index >= 15 is 0 Å². The molecule has 4 rings (SSSR count). The van der Waals surface area contributed by atoms with Gasteiger partial charge in [0.15, 0.2) is 17.5 Å². The summed E-state index contributed by atoms with van der Waals surface area (Å²) < 4.78 is 47.9. The first-order chi connectivity index (χ1) is 13.9. The van der Waals surface area contributed by atoms with Crippen molar-refractivity contribution < 1.29 is 17.9 Å². The number of rotatable bonds is 4. The summed E-state index contributed by atoms with van der Waals surface area (Å²) in [7, 11) is 1.57. The van der Waals surface area contributed by atoms with Gasteiger partial charge in [-0.25, -0.2) is 13.2 Å². The van der Waals surface area contributed by atoms with Crippen LogP contribution in [-0.2, 0) is 6.42 Å². The van der Waals surface area contributed by atoms with Gasteiger partial charge in [-0.2, -0.15) is 4.98 Å². The minimum atomic E-state index is -1.50. The van der Waals surface area contributed by atoms with Crippen molar-refractivity contribution in [2.24, 2.45) is 0 Å².